The normalized spacial score (nSPS) is 23.4. The molecule has 0 spiro atoms. The lowest BCUT2D eigenvalue weighted by Crippen LogP contribution is -2.41. The molecule has 3 aliphatic rings. The van der Waals surface area contributed by atoms with Crippen molar-refractivity contribution in [3.8, 4) is 0 Å². The second-order valence-corrected chi connectivity index (χ2v) is 8.13. The summed E-state index contributed by atoms with van der Waals surface area (Å²) in [6.07, 6.45) is 7.75. The summed E-state index contributed by atoms with van der Waals surface area (Å²) in [5.74, 6) is 1.63. The van der Waals surface area contributed by atoms with Gasteiger partial charge in [0.25, 0.3) is 5.91 Å². The van der Waals surface area contributed by atoms with Crippen LogP contribution in [0.2, 0.25) is 0 Å². The minimum atomic E-state index is 0.0499. The Bertz CT molecular complexity index is 679. The van der Waals surface area contributed by atoms with Crippen LogP contribution in [0.3, 0.4) is 0 Å². The Morgan fingerprint density at radius 1 is 1.18 bits per heavy atom. The predicted octanol–water partition coefficient (Wildman–Crippen LogP) is 2.15. The fourth-order valence-electron chi connectivity index (χ4n) is 4.36. The molecule has 0 aromatic carbocycles. The molecule has 3 saturated heterocycles. The summed E-state index contributed by atoms with van der Waals surface area (Å²) in [4.78, 5) is 32.9. The largest absolute Gasteiger partial charge is 0.376 e. The van der Waals surface area contributed by atoms with Crippen molar-refractivity contribution in [2.24, 2.45) is 5.92 Å². The number of hydrogen-bond acceptors (Lipinski definition) is 5. The lowest BCUT2D eigenvalue weighted by atomic mass is 9.96. The number of likely N-dealkylation sites (tertiary alicyclic amines) is 2. The lowest BCUT2D eigenvalue weighted by molar-refractivity contribution is -0.128. The van der Waals surface area contributed by atoms with E-state index < -0.39 is 0 Å². The molecule has 1 atom stereocenters. The summed E-state index contributed by atoms with van der Waals surface area (Å²) in [6.45, 7) is 4.87. The second kappa shape index (κ2) is 8.90. The molecule has 7 nitrogen and oxygen atoms in total. The van der Waals surface area contributed by atoms with Crippen molar-refractivity contribution in [2.75, 3.05) is 44.6 Å². The minimum absolute atomic E-state index is 0.0499. The Morgan fingerprint density at radius 3 is 2.68 bits per heavy atom. The van der Waals surface area contributed by atoms with Crippen LogP contribution in [-0.2, 0) is 9.53 Å². The molecule has 0 saturated carbocycles. The van der Waals surface area contributed by atoms with E-state index in [1.165, 1.54) is 0 Å². The van der Waals surface area contributed by atoms with E-state index in [0.29, 0.717) is 17.9 Å². The van der Waals surface area contributed by atoms with E-state index in [1.54, 1.807) is 6.20 Å². The number of nitrogens with one attached hydrogen (secondary N) is 1. The molecule has 3 fully saturated rings. The number of carbonyl (C=O) groups is 2. The molecular formula is C21H30N4O3. The highest BCUT2D eigenvalue weighted by Gasteiger charge is 2.28. The van der Waals surface area contributed by atoms with Gasteiger partial charge in [0.05, 0.1) is 11.7 Å². The van der Waals surface area contributed by atoms with Crippen molar-refractivity contribution in [2.45, 2.75) is 44.6 Å². The average Bonchev–Trinajstić information content (AvgIpc) is 3.39. The van der Waals surface area contributed by atoms with E-state index in [2.05, 4.69) is 10.3 Å². The molecule has 0 aliphatic carbocycles. The van der Waals surface area contributed by atoms with Gasteiger partial charge in [-0.2, -0.15) is 0 Å². The fourth-order valence-corrected chi connectivity index (χ4v) is 4.36. The molecular weight excluding hydrogens is 356 g/mol. The van der Waals surface area contributed by atoms with Crippen molar-refractivity contribution < 1.29 is 14.3 Å². The first-order valence-corrected chi connectivity index (χ1v) is 10.6. The topological polar surface area (TPSA) is 74.8 Å². The number of rotatable bonds is 6. The van der Waals surface area contributed by atoms with Gasteiger partial charge >= 0.3 is 0 Å². The molecule has 0 radical (unpaired) electrons. The van der Waals surface area contributed by atoms with Gasteiger partial charge < -0.3 is 19.9 Å². The van der Waals surface area contributed by atoms with Crippen molar-refractivity contribution in [3.05, 3.63) is 23.9 Å². The van der Waals surface area contributed by atoms with E-state index >= 15 is 0 Å². The number of ether oxygens (including phenoxy) is 1. The van der Waals surface area contributed by atoms with Gasteiger partial charge in [-0.1, -0.05) is 0 Å². The molecule has 1 N–H and O–H groups in total. The number of pyridine rings is 1. The molecule has 1 aromatic heterocycles. The standard InChI is InChI=1S/C21H30N4O3/c26-20-4-1-9-25(20)15-16-7-10-24(11-8-16)21(27)17-5-6-19(22-13-17)23-14-18-3-2-12-28-18/h5-6,13,16,18H,1-4,7-12,14-15H2,(H,22,23). The minimum Gasteiger partial charge on any atom is -0.376 e. The van der Waals surface area contributed by atoms with Gasteiger partial charge in [0.1, 0.15) is 5.82 Å². The fraction of sp³-hybridized carbons (Fsp3) is 0.667. The van der Waals surface area contributed by atoms with Gasteiger partial charge in [0.2, 0.25) is 5.91 Å². The maximum absolute atomic E-state index is 12.8. The van der Waals surface area contributed by atoms with Gasteiger partial charge in [-0.05, 0) is 50.2 Å². The third kappa shape index (κ3) is 4.63. The Kier molecular flexibility index (Phi) is 6.10. The molecule has 152 valence electrons. The van der Waals surface area contributed by atoms with E-state index in [0.717, 1.165) is 77.3 Å². The zero-order valence-corrected chi connectivity index (χ0v) is 16.4. The Hall–Kier alpha value is -2.15. The van der Waals surface area contributed by atoms with Gasteiger partial charge in [-0.3, -0.25) is 9.59 Å². The molecule has 0 bridgehead atoms. The van der Waals surface area contributed by atoms with E-state index in [4.69, 9.17) is 4.74 Å². The Labute approximate surface area is 166 Å². The highest BCUT2D eigenvalue weighted by molar-refractivity contribution is 5.94. The summed E-state index contributed by atoms with van der Waals surface area (Å²) in [6, 6.07) is 3.72. The molecule has 2 amide bonds. The highest BCUT2D eigenvalue weighted by Crippen LogP contribution is 2.22. The molecule has 3 aliphatic heterocycles. The van der Waals surface area contributed by atoms with Crippen LogP contribution in [0.1, 0.15) is 48.9 Å². The van der Waals surface area contributed by atoms with E-state index in [9.17, 15) is 9.59 Å². The molecule has 1 aromatic rings. The molecule has 28 heavy (non-hydrogen) atoms. The van der Waals surface area contributed by atoms with Crippen LogP contribution in [0, 0.1) is 5.92 Å². The van der Waals surface area contributed by atoms with Crippen LogP contribution in [-0.4, -0.2) is 72.0 Å². The van der Waals surface area contributed by atoms with Crippen molar-refractivity contribution >= 4 is 17.6 Å². The van der Waals surface area contributed by atoms with Crippen molar-refractivity contribution in [1.82, 2.24) is 14.8 Å². The van der Waals surface area contributed by atoms with Crippen LogP contribution in [0.4, 0.5) is 5.82 Å². The van der Waals surface area contributed by atoms with E-state index in [-0.39, 0.29) is 17.9 Å². The predicted molar refractivity (Wildman–Crippen MR) is 106 cm³/mol. The highest BCUT2D eigenvalue weighted by atomic mass is 16.5. The Morgan fingerprint density at radius 2 is 2.04 bits per heavy atom. The number of nitrogens with zero attached hydrogens (tertiary/aromatic N) is 3. The second-order valence-electron chi connectivity index (χ2n) is 8.13. The summed E-state index contributed by atoms with van der Waals surface area (Å²) in [5.41, 5.74) is 0.635. The van der Waals surface area contributed by atoms with Crippen LogP contribution in [0.25, 0.3) is 0 Å². The zero-order valence-electron chi connectivity index (χ0n) is 16.4. The van der Waals surface area contributed by atoms with Crippen LogP contribution >= 0.6 is 0 Å². The average molecular weight is 386 g/mol. The first-order chi connectivity index (χ1) is 13.7. The Balaban J connectivity index is 1.23. The SMILES string of the molecule is O=C1CCCN1CC1CCN(C(=O)c2ccc(NCC3CCCO3)nc2)CC1. The van der Waals surface area contributed by atoms with Crippen LogP contribution in [0.5, 0.6) is 0 Å². The summed E-state index contributed by atoms with van der Waals surface area (Å²) < 4.78 is 5.60. The quantitative estimate of drug-likeness (QED) is 0.811. The van der Waals surface area contributed by atoms with Crippen molar-refractivity contribution in [3.63, 3.8) is 0 Å². The summed E-state index contributed by atoms with van der Waals surface area (Å²) in [5, 5.41) is 3.28. The molecule has 7 heteroatoms. The summed E-state index contributed by atoms with van der Waals surface area (Å²) >= 11 is 0. The summed E-state index contributed by atoms with van der Waals surface area (Å²) in [7, 11) is 0. The first kappa shape index (κ1) is 19.2. The number of aromatic nitrogens is 1. The number of amides is 2. The van der Waals surface area contributed by atoms with Gasteiger partial charge in [0.15, 0.2) is 0 Å². The molecule has 1 unspecified atom stereocenters. The van der Waals surface area contributed by atoms with Crippen molar-refractivity contribution in [1.29, 1.82) is 0 Å². The van der Waals surface area contributed by atoms with Crippen LogP contribution in [0.15, 0.2) is 18.3 Å². The van der Waals surface area contributed by atoms with Gasteiger partial charge in [-0.25, -0.2) is 4.98 Å². The number of carbonyl (C=O) groups excluding carboxylic acids is 2. The first-order valence-electron chi connectivity index (χ1n) is 10.6. The third-order valence-corrected chi connectivity index (χ3v) is 6.10. The third-order valence-electron chi connectivity index (χ3n) is 6.10. The van der Waals surface area contributed by atoms with Gasteiger partial charge in [-0.15, -0.1) is 0 Å². The maximum atomic E-state index is 12.8. The zero-order chi connectivity index (χ0) is 19.3. The van der Waals surface area contributed by atoms with Gasteiger partial charge in [0, 0.05) is 51.9 Å². The number of piperidine rings is 1. The molecule has 4 rings (SSSR count). The number of anilines is 1. The van der Waals surface area contributed by atoms with E-state index in [1.807, 2.05) is 21.9 Å². The van der Waals surface area contributed by atoms with Crippen LogP contribution < -0.4 is 5.32 Å². The smallest absolute Gasteiger partial charge is 0.255 e. The number of hydrogen-bond donors (Lipinski definition) is 1. The molecule has 4 heterocycles. The lowest BCUT2D eigenvalue weighted by Gasteiger charge is -2.34. The monoisotopic (exact) mass is 386 g/mol. The maximum Gasteiger partial charge on any atom is 0.255 e.